The lowest BCUT2D eigenvalue weighted by Crippen LogP contribution is -2.18. The Morgan fingerprint density at radius 3 is 2.81 bits per heavy atom. The Hall–Kier alpha value is -1.01. The maximum absolute atomic E-state index is 9.05. The third-order valence-electron chi connectivity index (χ3n) is 2.61. The fourth-order valence-corrected chi connectivity index (χ4v) is 2.10. The highest BCUT2D eigenvalue weighted by atomic mass is 35.5. The van der Waals surface area contributed by atoms with Crippen molar-refractivity contribution >= 4 is 29.0 Å². The quantitative estimate of drug-likeness (QED) is 0.716. The molecule has 0 radical (unpaired) electrons. The van der Waals surface area contributed by atoms with Crippen LogP contribution in [0.4, 0.5) is 0 Å². The average molecular weight is 253 g/mol. The van der Waals surface area contributed by atoms with Gasteiger partial charge >= 0.3 is 0 Å². The Kier molecular flexibility index (Phi) is 3.50. The van der Waals surface area contributed by atoms with Crippen LogP contribution in [0.1, 0.15) is 17.5 Å². The molecule has 0 aliphatic carbocycles. The molecule has 0 spiro atoms. The lowest BCUT2D eigenvalue weighted by molar-refractivity contribution is 0.499. The molecule has 2 rings (SSSR count). The van der Waals surface area contributed by atoms with Crippen molar-refractivity contribution in [2.24, 2.45) is 0 Å². The third-order valence-corrected chi connectivity index (χ3v) is 3.15. The van der Waals surface area contributed by atoms with Gasteiger partial charge in [0.25, 0.3) is 0 Å². The summed E-state index contributed by atoms with van der Waals surface area (Å²) in [5.41, 5.74) is 2.77. The van der Waals surface area contributed by atoms with Crippen molar-refractivity contribution in [1.82, 2.24) is 4.42 Å². The van der Waals surface area contributed by atoms with Crippen LogP contribution < -0.4 is 0 Å². The van der Waals surface area contributed by atoms with Gasteiger partial charge in [0.2, 0.25) is 0 Å². The van der Waals surface area contributed by atoms with Gasteiger partial charge in [0.1, 0.15) is 0 Å². The molecule has 4 heteroatoms. The van der Waals surface area contributed by atoms with Gasteiger partial charge in [0.05, 0.1) is 11.6 Å². The first kappa shape index (κ1) is 11.5. The number of halogens is 2. The van der Waals surface area contributed by atoms with Crippen LogP contribution in [0.5, 0.6) is 0 Å². The van der Waals surface area contributed by atoms with Gasteiger partial charge < -0.3 is 0 Å². The van der Waals surface area contributed by atoms with Crippen LogP contribution in [-0.4, -0.2) is 17.5 Å². The Morgan fingerprint density at radius 1 is 1.38 bits per heavy atom. The van der Waals surface area contributed by atoms with Crippen LogP contribution in [0, 0.1) is 11.3 Å². The van der Waals surface area contributed by atoms with Gasteiger partial charge in [0, 0.05) is 18.1 Å². The number of nitriles is 1. The molecule has 0 unspecified atom stereocenters. The van der Waals surface area contributed by atoms with Crippen molar-refractivity contribution in [2.45, 2.75) is 6.42 Å². The van der Waals surface area contributed by atoms with Crippen LogP contribution in [-0.2, 0) is 0 Å². The smallest absolute Gasteiger partial charge is 0.0998 e. The van der Waals surface area contributed by atoms with Crippen LogP contribution in [0.3, 0.4) is 0 Å². The predicted octanol–water partition coefficient (Wildman–Crippen LogP) is 3.45. The van der Waals surface area contributed by atoms with E-state index in [1.54, 1.807) is 10.5 Å². The summed E-state index contributed by atoms with van der Waals surface area (Å²) in [6, 6.07) is 7.58. The number of nitrogens with zero attached hydrogens (tertiary/aromatic N) is 2. The number of benzene rings is 1. The molecule has 0 saturated carbocycles. The second kappa shape index (κ2) is 4.88. The lowest BCUT2D eigenvalue weighted by atomic mass is 9.96. The summed E-state index contributed by atoms with van der Waals surface area (Å²) in [6.45, 7) is 1.52. The molecule has 0 bridgehead atoms. The van der Waals surface area contributed by atoms with Gasteiger partial charge in [-0.1, -0.05) is 23.7 Å². The first-order chi connectivity index (χ1) is 7.70. The van der Waals surface area contributed by atoms with E-state index in [2.05, 4.69) is 12.1 Å². The molecule has 16 heavy (non-hydrogen) atoms. The van der Waals surface area contributed by atoms with Crippen molar-refractivity contribution in [3.05, 3.63) is 40.4 Å². The molecule has 1 aliphatic rings. The van der Waals surface area contributed by atoms with E-state index in [-0.39, 0.29) is 0 Å². The van der Waals surface area contributed by atoms with Crippen LogP contribution >= 0.6 is 23.4 Å². The van der Waals surface area contributed by atoms with Gasteiger partial charge in [-0.15, -0.1) is 0 Å². The number of rotatable bonds is 1. The minimum atomic E-state index is 0.593. The zero-order valence-electron chi connectivity index (χ0n) is 8.58. The summed E-state index contributed by atoms with van der Waals surface area (Å²) in [6.07, 6.45) is 2.92. The molecule has 0 amide bonds. The van der Waals surface area contributed by atoms with Gasteiger partial charge in [-0.25, -0.2) is 4.42 Å². The second-order valence-electron chi connectivity index (χ2n) is 3.65. The SMILES string of the molecule is N#Cc1cc(Cl)ccc1C1=CCN(Cl)CC1. The maximum atomic E-state index is 9.05. The molecule has 1 aliphatic heterocycles. The first-order valence-corrected chi connectivity index (χ1v) is 5.72. The monoisotopic (exact) mass is 252 g/mol. The third kappa shape index (κ3) is 2.38. The van der Waals surface area contributed by atoms with Crippen molar-refractivity contribution in [1.29, 1.82) is 5.26 Å². The first-order valence-electron chi connectivity index (χ1n) is 5.00. The van der Waals surface area contributed by atoms with Crippen LogP contribution in [0.25, 0.3) is 5.57 Å². The van der Waals surface area contributed by atoms with E-state index in [0.717, 1.165) is 18.5 Å². The normalized spacial score (nSPS) is 16.7. The summed E-state index contributed by atoms with van der Waals surface area (Å²) >= 11 is 11.7. The highest BCUT2D eigenvalue weighted by molar-refractivity contribution is 6.30. The van der Waals surface area contributed by atoms with E-state index < -0.39 is 0 Å². The van der Waals surface area contributed by atoms with E-state index in [1.165, 1.54) is 5.57 Å². The molecule has 0 atom stereocenters. The van der Waals surface area contributed by atoms with E-state index >= 15 is 0 Å². The largest absolute Gasteiger partial charge is 0.216 e. The van der Waals surface area contributed by atoms with E-state index in [9.17, 15) is 0 Å². The molecule has 0 saturated heterocycles. The zero-order valence-corrected chi connectivity index (χ0v) is 10.1. The fraction of sp³-hybridized carbons (Fsp3) is 0.250. The van der Waals surface area contributed by atoms with Crippen molar-refractivity contribution < 1.29 is 0 Å². The van der Waals surface area contributed by atoms with E-state index in [4.69, 9.17) is 28.6 Å². The van der Waals surface area contributed by atoms with Gasteiger partial charge in [0.15, 0.2) is 0 Å². The molecule has 0 fully saturated rings. The van der Waals surface area contributed by atoms with Gasteiger partial charge in [-0.05, 0) is 41.5 Å². The van der Waals surface area contributed by atoms with Gasteiger partial charge in [-0.2, -0.15) is 5.26 Å². The minimum Gasteiger partial charge on any atom is -0.216 e. The topological polar surface area (TPSA) is 27.0 Å². The maximum Gasteiger partial charge on any atom is 0.0998 e. The zero-order chi connectivity index (χ0) is 11.5. The van der Waals surface area contributed by atoms with Crippen LogP contribution in [0.2, 0.25) is 5.02 Å². The Morgan fingerprint density at radius 2 is 2.19 bits per heavy atom. The van der Waals surface area contributed by atoms with Crippen molar-refractivity contribution in [2.75, 3.05) is 13.1 Å². The highest BCUT2D eigenvalue weighted by Crippen LogP contribution is 2.27. The minimum absolute atomic E-state index is 0.593. The summed E-state index contributed by atoms with van der Waals surface area (Å²) in [5, 5.41) is 9.65. The molecule has 2 nitrogen and oxygen atoms in total. The molecule has 0 N–H and O–H groups in total. The summed E-state index contributed by atoms with van der Waals surface area (Å²) < 4.78 is 1.73. The molecular formula is C12H10Cl2N2. The van der Waals surface area contributed by atoms with E-state index in [0.29, 0.717) is 17.1 Å². The van der Waals surface area contributed by atoms with Crippen molar-refractivity contribution in [3.8, 4) is 6.07 Å². The van der Waals surface area contributed by atoms with Gasteiger partial charge in [-0.3, -0.25) is 0 Å². The fourth-order valence-electron chi connectivity index (χ4n) is 1.78. The highest BCUT2D eigenvalue weighted by Gasteiger charge is 2.13. The van der Waals surface area contributed by atoms with Crippen molar-refractivity contribution in [3.63, 3.8) is 0 Å². The van der Waals surface area contributed by atoms with Crippen LogP contribution in [0.15, 0.2) is 24.3 Å². The molecule has 1 aromatic carbocycles. The number of hydrogen-bond acceptors (Lipinski definition) is 2. The Balaban J connectivity index is 2.38. The Bertz CT molecular complexity index is 474. The molecular weight excluding hydrogens is 243 g/mol. The predicted molar refractivity (Wildman–Crippen MR) is 66.2 cm³/mol. The van der Waals surface area contributed by atoms with E-state index in [1.807, 2.05) is 12.1 Å². The molecule has 1 heterocycles. The lowest BCUT2D eigenvalue weighted by Gasteiger charge is -2.20. The average Bonchev–Trinajstić information content (AvgIpc) is 2.30. The Labute approximate surface area is 105 Å². The second-order valence-corrected chi connectivity index (χ2v) is 4.56. The standard InChI is InChI=1S/C12H10Cl2N2/c13-11-1-2-12(10(7-11)8-15)9-3-5-16(14)6-4-9/h1-3,7H,4-6H2. The summed E-state index contributed by atoms with van der Waals surface area (Å²) in [5.74, 6) is 0. The summed E-state index contributed by atoms with van der Waals surface area (Å²) in [4.78, 5) is 0. The molecule has 0 aromatic heterocycles. The molecule has 82 valence electrons. The summed E-state index contributed by atoms with van der Waals surface area (Å²) in [7, 11) is 0. The molecule has 1 aromatic rings. The number of hydrogen-bond donors (Lipinski definition) is 0.